The number of ether oxygens (including phenoxy) is 1. The third-order valence-corrected chi connectivity index (χ3v) is 5.02. The lowest BCUT2D eigenvalue weighted by atomic mass is 10.1. The number of nitrogens with one attached hydrogen (secondary N) is 1. The van der Waals surface area contributed by atoms with Crippen molar-refractivity contribution in [2.45, 2.75) is 26.5 Å². The van der Waals surface area contributed by atoms with Gasteiger partial charge in [-0.3, -0.25) is 9.59 Å². The van der Waals surface area contributed by atoms with Gasteiger partial charge in [-0.2, -0.15) is 0 Å². The first-order chi connectivity index (χ1) is 12.9. The smallest absolute Gasteiger partial charge is 0.256 e. The number of amides is 2. The van der Waals surface area contributed by atoms with E-state index in [2.05, 4.69) is 10.3 Å². The summed E-state index contributed by atoms with van der Waals surface area (Å²) < 4.78 is 11.4. The maximum atomic E-state index is 12.6. The Morgan fingerprint density at radius 2 is 2.19 bits per heavy atom. The second-order valence-corrected chi connectivity index (χ2v) is 6.89. The van der Waals surface area contributed by atoms with Gasteiger partial charge in [-0.05, 0) is 32.0 Å². The van der Waals surface area contributed by atoms with Crippen molar-refractivity contribution in [3.63, 3.8) is 0 Å². The van der Waals surface area contributed by atoms with E-state index in [9.17, 15) is 14.7 Å². The van der Waals surface area contributed by atoms with Gasteiger partial charge in [0.1, 0.15) is 29.7 Å². The summed E-state index contributed by atoms with van der Waals surface area (Å²) in [5.74, 6) is -0.419. The van der Waals surface area contributed by atoms with Crippen LogP contribution in [0.2, 0.25) is 0 Å². The fourth-order valence-electron chi connectivity index (χ4n) is 2.62. The molecule has 0 saturated heterocycles. The zero-order chi connectivity index (χ0) is 19.6. The van der Waals surface area contributed by atoms with Crippen molar-refractivity contribution in [2.75, 3.05) is 6.61 Å². The highest BCUT2D eigenvalue weighted by Crippen LogP contribution is 2.30. The first-order valence-corrected chi connectivity index (χ1v) is 9.04. The molecule has 2 amide bonds. The number of benzene rings is 1. The summed E-state index contributed by atoms with van der Waals surface area (Å²) in [5.41, 5.74) is 8.62. The lowest BCUT2D eigenvalue weighted by molar-refractivity contribution is -0.120. The van der Waals surface area contributed by atoms with E-state index in [0.717, 1.165) is 10.6 Å². The van der Waals surface area contributed by atoms with Gasteiger partial charge in [-0.15, -0.1) is 11.3 Å². The minimum absolute atomic E-state index is 0.268. The van der Waals surface area contributed by atoms with Crippen molar-refractivity contribution in [2.24, 2.45) is 5.73 Å². The second kappa shape index (κ2) is 7.77. The molecule has 8 nitrogen and oxygen atoms in total. The molecule has 0 aliphatic heterocycles. The van der Waals surface area contributed by atoms with Gasteiger partial charge in [0, 0.05) is 5.39 Å². The number of nitrogens with two attached hydrogens (primary N) is 1. The van der Waals surface area contributed by atoms with Crippen LogP contribution in [0.4, 0.5) is 0 Å². The number of carbonyl (C=O) groups is 2. The van der Waals surface area contributed by atoms with E-state index in [0.29, 0.717) is 29.1 Å². The molecular formula is C18H19N3O5S. The molecule has 0 saturated carbocycles. The maximum Gasteiger partial charge on any atom is 0.256 e. The quantitative estimate of drug-likeness (QED) is 0.564. The topological polar surface area (TPSA) is 128 Å². The van der Waals surface area contributed by atoms with Crippen molar-refractivity contribution in [1.29, 1.82) is 0 Å². The van der Waals surface area contributed by atoms with Gasteiger partial charge >= 0.3 is 0 Å². The Kier molecular flexibility index (Phi) is 5.43. The molecule has 2 aromatic heterocycles. The third kappa shape index (κ3) is 3.93. The standard InChI is InChI=1S/C18H19N3O5S/c1-9-15(27-8-20-9)7-25-11-3-4-14-12(5-11)16(10(2)26-14)18(24)21-13(6-22)17(19)23/h3-5,8,13,22H,6-7H2,1-2H3,(H2,19,23)(H,21,24)/t13-/m0/s1. The molecule has 27 heavy (non-hydrogen) atoms. The Morgan fingerprint density at radius 1 is 1.41 bits per heavy atom. The number of aryl methyl sites for hydroxylation is 2. The maximum absolute atomic E-state index is 12.6. The monoisotopic (exact) mass is 389 g/mol. The van der Waals surface area contributed by atoms with E-state index < -0.39 is 24.5 Å². The third-order valence-electron chi connectivity index (χ3n) is 4.11. The van der Waals surface area contributed by atoms with Crippen LogP contribution in [0, 0.1) is 13.8 Å². The number of nitrogens with zero attached hydrogens (tertiary/aromatic N) is 1. The number of aliphatic hydroxyl groups is 1. The fraction of sp³-hybridized carbons (Fsp3) is 0.278. The molecule has 0 fully saturated rings. The van der Waals surface area contributed by atoms with Crippen LogP contribution in [0.1, 0.15) is 26.7 Å². The van der Waals surface area contributed by atoms with Crippen LogP contribution in [-0.4, -0.2) is 34.6 Å². The number of fused-ring (bicyclic) bond motifs is 1. The molecule has 0 unspecified atom stereocenters. The summed E-state index contributed by atoms with van der Waals surface area (Å²) in [6, 6.07) is 4.00. The number of furan rings is 1. The minimum atomic E-state index is -1.17. The van der Waals surface area contributed by atoms with Crippen LogP contribution in [0.5, 0.6) is 5.75 Å². The molecule has 1 atom stereocenters. The SMILES string of the molecule is Cc1ncsc1COc1ccc2oc(C)c(C(=O)N[C@@H](CO)C(N)=O)c2c1. The van der Waals surface area contributed by atoms with Crippen LogP contribution in [0.15, 0.2) is 28.1 Å². The molecule has 142 valence electrons. The number of primary amides is 1. The largest absolute Gasteiger partial charge is 0.488 e. The fourth-order valence-corrected chi connectivity index (χ4v) is 3.31. The minimum Gasteiger partial charge on any atom is -0.488 e. The predicted octanol–water partition coefficient (Wildman–Crippen LogP) is 1.66. The molecule has 0 spiro atoms. The number of hydrogen-bond acceptors (Lipinski definition) is 7. The van der Waals surface area contributed by atoms with E-state index in [-0.39, 0.29) is 5.56 Å². The molecular weight excluding hydrogens is 370 g/mol. The Labute approximate surface area is 158 Å². The van der Waals surface area contributed by atoms with Crippen LogP contribution in [0.25, 0.3) is 11.0 Å². The number of aromatic nitrogens is 1. The van der Waals surface area contributed by atoms with Crippen molar-refractivity contribution < 1.29 is 23.8 Å². The highest BCUT2D eigenvalue weighted by Gasteiger charge is 2.23. The highest BCUT2D eigenvalue weighted by atomic mass is 32.1. The molecule has 0 aliphatic carbocycles. The van der Waals surface area contributed by atoms with Gasteiger partial charge in [0.15, 0.2) is 0 Å². The number of thiazole rings is 1. The van der Waals surface area contributed by atoms with E-state index in [1.807, 2.05) is 6.92 Å². The van der Waals surface area contributed by atoms with Gasteiger partial charge in [0.2, 0.25) is 5.91 Å². The Balaban J connectivity index is 1.87. The summed E-state index contributed by atoms with van der Waals surface area (Å²) in [6.45, 7) is 3.35. The first-order valence-electron chi connectivity index (χ1n) is 8.16. The van der Waals surface area contributed by atoms with Crippen molar-refractivity contribution in [3.8, 4) is 5.75 Å². The predicted molar refractivity (Wildman–Crippen MR) is 99.7 cm³/mol. The van der Waals surface area contributed by atoms with Crippen LogP contribution in [-0.2, 0) is 11.4 Å². The molecule has 1 aromatic carbocycles. The lowest BCUT2D eigenvalue weighted by Gasteiger charge is -2.12. The van der Waals surface area contributed by atoms with Gasteiger partial charge < -0.3 is 25.3 Å². The first kappa shape index (κ1) is 18.9. The molecule has 3 aromatic rings. The Bertz CT molecular complexity index is 994. The Hall–Kier alpha value is -2.91. The van der Waals surface area contributed by atoms with E-state index in [4.69, 9.17) is 14.9 Å². The number of aliphatic hydroxyl groups excluding tert-OH is 1. The van der Waals surface area contributed by atoms with Gasteiger partial charge in [0.05, 0.1) is 28.3 Å². The Morgan fingerprint density at radius 3 is 2.81 bits per heavy atom. The highest BCUT2D eigenvalue weighted by molar-refractivity contribution is 7.09. The van der Waals surface area contributed by atoms with Crippen molar-refractivity contribution in [3.05, 3.63) is 45.6 Å². The molecule has 4 N–H and O–H groups in total. The molecule has 9 heteroatoms. The number of hydrogen-bond donors (Lipinski definition) is 3. The van der Waals surface area contributed by atoms with E-state index in [1.54, 1.807) is 30.6 Å². The normalized spacial score (nSPS) is 12.1. The molecule has 0 bridgehead atoms. The zero-order valence-electron chi connectivity index (χ0n) is 14.8. The molecule has 3 rings (SSSR count). The molecule has 0 radical (unpaired) electrons. The molecule has 2 heterocycles. The van der Waals surface area contributed by atoms with Crippen LogP contribution in [0.3, 0.4) is 0 Å². The second-order valence-electron chi connectivity index (χ2n) is 5.95. The van der Waals surface area contributed by atoms with E-state index in [1.165, 1.54) is 11.3 Å². The van der Waals surface area contributed by atoms with Crippen molar-refractivity contribution >= 4 is 34.1 Å². The van der Waals surface area contributed by atoms with Crippen molar-refractivity contribution in [1.82, 2.24) is 10.3 Å². The van der Waals surface area contributed by atoms with Gasteiger partial charge in [0.25, 0.3) is 5.91 Å². The summed E-state index contributed by atoms with van der Waals surface area (Å²) in [4.78, 5) is 29.0. The lowest BCUT2D eigenvalue weighted by Crippen LogP contribution is -2.46. The van der Waals surface area contributed by atoms with Crippen LogP contribution < -0.4 is 15.8 Å². The average Bonchev–Trinajstić information content (AvgIpc) is 3.18. The summed E-state index contributed by atoms with van der Waals surface area (Å²) in [6.07, 6.45) is 0. The van der Waals surface area contributed by atoms with Gasteiger partial charge in [-0.1, -0.05) is 0 Å². The summed E-state index contributed by atoms with van der Waals surface area (Å²) in [5, 5.41) is 12.1. The number of rotatable bonds is 7. The van der Waals surface area contributed by atoms with Crippen LogP contribution >= 0.6 is 11.3 Å². The summed E-state index contributed by atoms with van der Waals surface area (Å²) >= 11 is 1.51. The number of carbonyl (C=O) groups excluding carboxylic acids is 2. The van der Waals surface area contributed by atoms with E-state index >= 15 is 0 Å². The van der Waals surface area contributed by atoms with Gasteiger partial charge in [-0.25, -0.2) is 4.98 Å². The molecule has 0 aliphatic rings. The zero-order valence-corrected chi connectivity index (χ0v) is 15.6. The summed E-state index contributed by atoms with van der Waals surface area (Å²) in [7, 11) is 0. The average molecular weight is 389 g/mol.